The number of rotatable bonds is 14. The molecular weight excluding hydrogens is 517 g/mol. The van der Waals surface area contributed by atoms with Crippen LogP contribution in [0.3, 0.4) is 0 Å². The molecule has 33 heavy (non-hydrogen) atoms. The molecule has 0 saturated heterocycles. The van der Waals surface area contributed by atoms with E-state index < -0.39 is 10.2 Å². The normalized spacial score (nSPS) is 12.6. The van der Waals surface area contributed by atoms with E-state index in [1.165, 1.54) is 80.9 Å². The van der Waals surface area contributed by atoms with E-state index >= 15 is 0 Å². The van der Waals surface area contributed by atoms with E-state index in [1.807, 2.05) is 12.3 Å². The van der Waals surface area contributed by atoms with Gasteiger partial charge in [-0.2, -0.15) is 0 Å². The van der Waals surface area contributed by atoms with Crippen molar-refractivity contribution in [3.05, 3.63) is 57.8 Å². The number of pyridine rings is 1. The van der Waals surface area contributed by atoms with E-state index in [2.05, 4.69) is 47.3 Å². The van der Waals surface area contributed by atoms with Gasteiger partial charge in [0.1, 0.15) is 0 Å². The van der Waals surface area contributed by atoms with E-state index in [1.54, 1.807) is 12.1 Å². The molecule has 0 aliphatic rings. The van der Waals surface area contributed by atoms with Gasteiger partial charge in [0.25, 0.3) is 0 Å². The Morgan fingerprint density at radius 1 is 1.06 bits per heavy atom. The fraction of sp³-hybridized carbons (Fsp3) is 0.520. The molecule has 2 aromatic rings. The van der Waals surface area contributed by atoms with E-state index in [9.17, 15) is 15.4 Å². The summed E-state index contributed by atoms with van der Waals surface area (Å²) >= 11 is 5.80. The summed E-state index contributed by atoms with van der Waals surface area (Å²) in [5, 5.41) is 19.2. The summed E-state index contributed by atoms with van der Waals surface area (Å²) in [6, 6.07) is 10.7. The molecule has 8 heteroatoms. The van der Waals surface area contributed by atoms with Crippen LogP contribution in [-0.4, -0.2) is 28.4 Å². The second-order valence-corrected chi connectivity index (χ2v) is 21.2. The van der Waals surface area contributed by atoms with Gasteiger partial charge in [0.05, 0.1) is 0 Å². The molecule has 0 N–H and O–H groups in total. The molecule has 1 aromatic carbocycles. The van der Waals surface area contributed by atoms with Gasteiger partial charge in [-0.05, 0) is 0 Å². The molecule has 0 aliphatic carbocycles. The number of halogens is 1. The number of nitro benzene ring substituents is 1. The number of nitriles is 1. The van der Waals surface area contributed by atoms with Gasteiger partial charge in [-0.15, -0.1) is 0 Å². The molecule has 0 unspecified atom stereocenters. The molecule has 0 aliphatic heterocycles. The van der Waals surface area contributed by atoms with E-state index in [0.717, 1.165) is 16.6 Å². The van der Waals surface area contributed by atoms with Gasteiger partial charge in [0.15, 0.2) is 0 Å². The first-order chi connectivity index (χ1) is 15.8. The molecule has 1 heterocycles. The average Bonchev–Trinajstić information content (AvgIpc) is 2.82. The molecule has 0 amide bonds. The number of nitrogens with zero attached hydrogens (tertiary/aromatic N) is 3. The third-order valence-electron chi connectivity index (χ3n) is 6.08. The Kier molecular flexibility index (Phi) is 10.8. The van der Waals surface area contributed by atoms with Gasteiger partial charge in [0.2, 0.25) is 0 Å². The molecule has 1 aromatic heterocycles. The Hall–Kier alpha value is -1.48. The van der Waals surface area contributed by atoms with E-state index in [4.69, 9.17) is 0 Å². The van der Waals surface area contributed by atoms with Crippen molar-refractivity contribution in [3.63, 3.8) is 0 Å². The zero-order chi connectivity index (χ0) is 24.3. The summed E-state index contributed by atoms with van der Waals surface area (Å²) < 4.78 is 0. The van der Waals surface area contributed by atoms with Crippen molar-refractivity contribution in [2.75, 3.05) is 18.5 Å². The minimum absolute atomic E-state index is 0.0537. The van der Waals surface area contributed by atoms with Crippen molar-refractivity contribution in [1.29, 1.82) is 5.26 Å². The number of benzene rings is 1. The monoisotopic (exact) mass is 551 g/mol. The summed E-state index contributed by atoms with van der Waals surface area (Å²) in [7, 11) is 0. The van der Waals surface area contributed by atoms with Crippen LogP contribution in [-0.2, 0) is 6.16 Å². The molecule has 0 radical (unpaired) electrons. The number of aromatic nitrogens is 1. The Morgan fingerprint density at radius 2 is 1.61 bits per heavy atom. The van der Waals surface area contributed by atoms with E-state index in [-0.39, 0.29) is 5.69 Å². The maximum atomic E-state index is 10.9. The van der Waals surface area contributed by atoms with Gasteiger partial charge >= 0.3 is 211 Å². The Bertz CT molecular complexity index is 954. The SMILES string of the molecule is CCCCP(Br)(CCCC)(CCCC)Cc1cnc(Sc2ccc([N+](=O)[O-])cc2)c(C#N)c1. The number of unbranched alkanes of at least 4 members (excludes halogenated alkanes) is 3. The standard InChI is InChI=1S/C25H35BrN3O2PS/c1-4-7-14-32(26,15-8-5-2,16-9-6-3)20-21-17-22(18-27)25(28-19-21)33-24-12-10-23(11-13-24)29(30)31/h10-13,17,19H,4-9,14-16,20H2,1-3H3. The van der Waals surface area contributed by atoms with Crippen LogP contribution in [0, 0.1) is 21.4 Å². The molecule has 0 spiro atoms. The van der Waals surface area contributed by atoms with Crippen molar-refractivity contribution in [2.24, 2.45) is 0 Å². The van der Waals surface area contributed by atoms with Crippen LogP contribution in [0.15, 0.2) is 46.5 Å². The van der Waals surface area contributed by atoms with Crippen LogP contribution >= 0.6 is 32.6 Å². The number of nitro groups is 1. The summed E-state index contributed by atoms with van der Waals surface area (Å²) in [5.74, 6) is 0. The van der Waals surface area contributed by atoms with E-state index in [0.29, 0.717) is 10.6 Å². The van der Waals surface area contributed by atoms with Crippen molar-refractivity contribution >= 4 is 38.2 Å². The third kappa shape index (κ3) is 8.05. The first kappa shape index (κ1) is 27.8. The number of non-ortho nitro benzene ring substituents is 1. The predicted molar refractivity (Wildman–Crippen MR) is 145 cm³/mol. The molecular formula is C25H35BrN3O2PS. The van der Waals surface area contributed by atoms with Gasteiger partial charge in [-0.25, -0.2) is 0 Å². The Labute approximate surface area is 210 Å². The molecule has 2 rings (SSSR count). The molecule has 0 bridgehead atoms. The van der Waals surface area contributed by atoms with Crippen molar-refractivity contribution in [1.82, 2.24) is 4.98 Å². The van der Waals surface area contributed by atoms with Gasteiger partial charge in [-0.1, -0.05) is 0 Å². The average molecular weight is 553 g/mol. The topological polar surface area (TPSA) is 79.8 Å². The van der Waals surface area contributed by atoms with Crippen LogP contribution in [0.2, 0.25) is 0 Å². The quantitative estimate of drug-likeness (QED) is 0.133. The molecule has 0 saturated carbocycles. The second kappa shape index (κ2) is 12.8. The Balaban J connectivity index is 2.33. The molecule has 5 nitrogen and oxygen atoms in total. The summed E-state index contributed by atoms with van der Waals surface area (Å²) in [5.41, 5.74) is 1.75. The fourth-order valence-electron chi connectivity index (χ4n) is 4.18. The van der Waals surface area contributed by atoms with Crippen LogP contribution in [0.1, 0.15) is 70.4 Å². The van der Waals surface area contributed by atoms with Crippen molar-refractivity contribution in [2.45, 2.75) is 75.4 Å². The van der Waals surface area contributed by atoms with Crippen LogP contribution in [0.4, 0.5) is 5.69 Å². The number of hydrogen-bond donors (Lipinski definition) is 0. The minimum atomic E-state index is -2.15. The summed E-state index contributed by atoms with van der Waals surface area (Å²) in [4.78, 5) is 16.0. The first-order valence-electron chi connectivity index (χ1n) is 11.8. The van der Waals surface area contributed by atoms with Crippen molar-refractivity contribution in [3.8, 4) is 6.07 Å². The number of hydrogen-bond acceptors (Lipinski definition) is 5. The fourth-order valence-corrected chi connectivity index (χ4v) is 13.7. The summed E-state index contributed by atoms with van der Waals surface area (Å²) in [6.45, 7) is 6.77. The van der Waals surface area contributed by atoms with Crippen molar-refractivity contribution < 1.29 is 4.92 Å². The molecule has 0 atom stereocenters. The van der Waals surface area contributed by atoms with Gasteiger partial charge in [-0.3, -0.25) is 0 Å². The second-order valence-electron chi connectivity index (χ2n) is 8.87. The first-order valence-corrected chi connectivity index (χ1v) is 17.6. The Morgan fingerprint density at radius 3 is 2.06 bits per heavy atom. The van der Waals surface area contributed by atoms with Gasteiger partial charge < -0.3 is 0 Å². The third-order valence-corrected chi connectivity index (χ3v) is 16.5. The molecule has 180 valence electrons. The van der Waals surface area contributed by atoms with Crippen LogP contribution < -0.4 is 0 Å². The zero-order valence-corrected chi connectivity index (χ0v) is 23.2. The maximum absolute atomic E-state index is 10.9. The zero-order valence-electron chi connectivity index (χ0n) is 19.9. The summed E-state index contributed by atoms with van der Waals surface area (Å²) in [6.07, 6.45) is 13.9. The van der Waals surface area contributed by atoms with Crippen LogP contribution in [0.25, 0.3) is 0 Å². The predicted octanol–water partition coefficient (Wildman–Crippen LogP) is 8.78. The van der Waals surface area contributed by atoms with Gasteiger partial charge in [0, 0.05) is 0 Å². The van der Waals surface area contributed by atoms with Crippen LogP contribution in [0.5, 0.6) is 0 Å². The molecule has 0 fully saturated rings.